The Kier molecular flexibility index (Phi) is 2.70. The van der Waals surface area contributed by atoms with Crippen LogP contribution in [0.25, 0.3) is 0 Å². The fourth-order valence-electron chi connectivity index (χ4n) is 1.03. The second-order valence-corrected chi connectivity index (χ2v) is 3.44. The molecule has 0 radical (unpaired) electrons. The van der Waals surface area contributed by atoms with Gasteiger partial charge in [0.15, 0.2) is 0 Å². The highest BCUT2D eigenvalue weighted by molar-refractivity contribution is 7.99. The molecule has 1 saturated heterocycles. The molecule has 1 aliphatic rings. The average Bonchev–Trinajstić information content (AvgIpc) is 2.19. The van der Waals surface area contributed by atoms with Crippen molar-refractivity contribution in [2.45, 2.75) is 6.42 Å². The van der Waals surface area contributed by atoms with Crippen LogP contribution in [0.3, 0.4) is 0 Å². The molecule has 0 unspecified atom stereocenters. The van der Waals surface area contributed by atoms with Crippen LogP contribution in [0.2, 0.25) is 0 Å². The summed E-state index contributed by atoms with van der Waals surface area (Å²) in [5.74, 6) is 3.72. The highest BCUT2D eigenvalue weighted by atomic mass is 32.2. The fraction of sp³-hybridized carbons (Fsp3) is 1.00. The van der Waals surface area contributed by atoms with Gasteiger partial charge in [0.1, 0.15) is 0 Å². The van der Waals surface area contributed by atoms with Crippen LogP contribution in [-0.2, 0) is 0 Å². The lowest BCUT2D eigenvalue weighted by molar-refractivity contribution is 0.557. The van der Waals surface area contributed by atoms with Gasteiger partial charge in [-0.3, -0.25) is 0 Å². The van der Waals surface area contributed by atoms with Gasteiger partial charge in [0, 0.05) is 0 Å². The molecule has 1 N–H and O–H groups in total. The van der Waals surface area contributed by atoms with Crippen molar-refractivity contribution in [2.24, 2.45) is 5.92 Å². The van der Waals surface area contributed by atoms with Crippen LogP contribution in [0.5, 0.6) is 0 Å². The van der Waals surface area contributed by atoms with E-state index in [-0.39, 0.29) is 0 Å². The Morgan fingerprint density at radius 1 is 1.75 bits per heavy atom. The highest BCUT2D eigenvalue weighted by Gasteiger charge is 2.13. The molecule has 0 amide bonds. The lowest BCUT2D eigenvalue weighted by atomic mass is 10.1. The molecule has 48 valence electrons. The molecule has 1 heterocycles. The van der Waals surface area contributed by atoms with Crippen molar-refractivity contribution < 1.29 is 0 Å². The molecule has 1 aliphatic heterocycles. The molecule has 1 atom stereocenters. The van der Waals surface area contributed by atoms with Crippen LogP contribution in [0, 0.1) is 5.92 Å². The molecule has 1 nitrogen and oxygen atoms in total. The minimum Gasteiger partial charge on any atom is -0.319 e. The zero-order valence-electron chi connectivity index (χ0n) is 5.31. The number of thioether (sulfide) groups is 1. The van der Waals surface area contributed by atoms with Crippen LogP contribution in [0.1, 0.15) is 6.42 Å². The maximum absolute atomic E-state index is 3.20. The second-order valence-electron chi connectivity index (χ2n) is 2.29. The lowest BCUT2D eigenvalue weighted by Gasteiger charge is -2.03. The monoisotopic (exact) mass is 131 g/mol. The van der Waals surface area contributed by atoms with E-state index in [4.69, 9.17) is 0 Å². The summed E-state index contributed by atoms with van der Waals surface area (Å²) in [7, 11) is 2.03. The second kappa shape index (κ2) is 3.36. The van der Waals surface area contributed by atoms with Gasteiger partial charge in [-0.15, -0.1) is 0 Å². The van der Waals surface area contributed by atoms with Crippen LogP contribution in [-0.4, -0.2) is 25.1 Å². The topological polar surface area (TPSA) is 12.0 Å². The molecule has 0 aromatic rings. The third-order valence-electron chi connectivity index (χ3n) is 1.52. The van der Waals surface area contributed by atoms with Crippen molar-refractivity contribution >= 4 is 11.8 Å². The van der Waals surface area contributed by atoms with Crippen molar-refractivity contribution in [3.05, 3.63) is 0 Å². The number of nitrogens with one attached hydrogen (secondary N) is 1. The zero-order chi connectivity index (χ0) is 5.82. The largest absolute Gasteiger partial charge is 0.319 e. The molecular weight excluding hydrogens is 118 g/mol. The Labute approximate surface area is 55.2 Å². The van der Waals surface area contributed by atoms with Crippen molar-refractivity contribution in [3.63, 3.8) is 0 Å². The third-order valence-corrected chi connectivity index (χ3v) is 2.75. The first-order valence-corrected chi connectivity index (χ1v) is 4.31. The summed E-state index contributed by atoms with van der Waals surface area (Å²) < 4.78 is 0. The van der Waals surface area contributed by atoms with Gasteiger partial charge < -0.3 is 5.32 Å². The Balaban J connectivity index is 2.06. The van der Waals surface area contributed by atoms with Crippen molar-refractivity contribution in [1.29, 1.82) is 0 Å². The number of rotatable bonds is 2. The molecule has 2 heteroatoms. The maximum atomic E-state index is 3.20. The number of hydrogen-bond donors (Lipinski definition) is 1. The van der Waals surface area contributed by atoms with Gasteiger partial charge in [-0.25, -0.2) is 0 Å². The van der Waals surface area contributed by atoms with Gasteiger partial charge >= 0.3 is 0 Å². The fourth-order valence-corrected chi connectivity index (χ4v) is 2.32. The molecule has 0 aliphatic carbocycles. The molecule has 0 aromatic carbocycles. The van der Waals surface area contributed by atoms with E-state index < -0.39 is 0 Å². The molecule has 1 fully saturated rings. The Bertz CT molecular complexity index is 59.5. The van der Waals surface area contributed by atoms with E-state index >= 15 is 0 Å². The molecule has 0 spiro atoms. The van der Waals surface area contributed by atoms with E-state index in [1.54, 1.807) is 0 Å². The van der Waals surface area contributed by atoms with Gasteiger partial charge in [0.05, 0.1) is 0 Å². The summed E-state index contributed by atoms with van der Waals surface area (Å²) in [5.41, 5.74) is 0. The van der Waals surface area contributed by atoms with Crippen molar-refractivity contribution in [1.82, 2.24) is 5.32 Å². The molecule has 1 rings (SSSR count). The Morgan fingerprint density at radius 3 is 3.12 bits per heavy atom. The van der Waals surface area contributed by atoms with Crippen LogP contribution < -0.4 is 5.32 Å². The summed E-state index contributed by atoms with van der Waals surface area (Å²) in [5, 5.41) is 3.20. The van der Waals surface area contributed by atoms with Crippen LogP contribution in [0.15, 0.2) is 0 Å². The van der Waals surface area contributed by atoms with E-state index in [1.165, 1.54) is 24.5 Å². The predicted molar refractivity (Wildman–Crippen MR) is 39.4 cm³/mol. The van der Waals surface area contributed by atoms with Gasteiger partial charge in [0.2, 0.25) is 0 Å². The summed E-state index contributed by atoms with van der Waals surface area (Å²) in [6, 6.07) is 0. The van der Waals surface area contributed by atoms with E-state index in [1.807, 2.05) is 7.05 Å². The molecule has 8 heavy (non-hydrogen) atoms. The molecule has 0 aromatic heterocycles. The summed E-state index contributed by atoms with van der Waals surface area (Å²) in [6.45, 7) is 1.22. The Hall–Kier alpha value is 0.310. The van der Waals surface area contributed by atoms with Crippen LogP contribution >= 0.6 is 11.8 Å². The smallest absolute Gasteiger partial charge is 0.00153 e. The van der Waals surface area contributed by atoms with Gasteiger partial charge in [-0.05, 0) is 37.4 Å². The van der Waals surface area contributed by atoms with Crippen molar-refractivity contribution in [3.8, 4) is 0 Å². The average molecular weight is 131 g/mol. The first-order valence-electron chi connectivity index (χ1n) is 3.16. The van der Waals surface area contributed by atoms with Crippen LogP contribution in [0.4, 0.5) is 0 Å². The van der Waals surface area contributed by atoms with Crippen molar-refractivity contribution in [2.75, 3.05) is 25.1 Å². The molecule has 0 saturated carbocycles. The summed E-state index contributed by atoms with van der Waals surface area (Å²) in [6.07, 6.45) is 1.42. The Morgan fingerprint density at radius 2 is 2.62 bits per heavy atom. The maximum Gasteiger partial charge on any atom is -0.00153 e. The predicted octanol–water partition coefficient (Wildman–Crippen LogP) is 0.959. The van der Waals surface area contributed by atoms with E-state index in [2.05, 4.69) is 17.1 Å². The lowest BCUT2D eigenvalue weighted by Crippen LogP contribution is -2.17. The van der Waals surface area contributed by atoms with E-state index in [9.17, 15) is 0 Å². The molecular formula is C6H13NS. The first kappa shape index (κ1) is 6.43. The summed E-state index contributed by atoms with van der Waals surface area (Å²) in [4.78, 5) is 0. The quantitative estimate of drug-likeness (QED) is 0.599. The van der Waals surface area contributed by atoms with Gasteiger partial charge in [0.25, 0.3) is 0 Å². The van der Waals surface area contributed by atoms with E-state index in [0.29, 0.717) is 0 Å². The SMILES string of the molecule is CNC[C@@H]1CCSC1. The minimum atomic E-state index is 0.963. The highest BCUT2D eigenvalue weighted by Crippen LogP contribution is 2.22. The minimum absolute atomic E-state index is 0.963. The van der Waals surface area contributed by atoms with Gasteiger partial charge in [-0.1, -0.05) is 0 Å². The summed E-state index contributed by atoms with van der Waals surface area (Å²) >= 11 is 2.08. The first-order chi connectivity index (χ1) is 3.93. The van der Waals surface area contributed by atoms with Gasteiger partial charge in [-0.2, -0.15) is 11.8 Å². The molecule has 0 bridgehead atoms. The number of hydrogen-bond acceptors (Lipinski definition) is 2. The third kappa shape index (κ3) is 1.67. The standard InChI is InChI=1S/C6H13NS/c1-7-4-6-2-3-8-5-6/h6-7H,2-5H2,1H3/t6-/m0/s1. The normalized spacial score (nSPS) is 28.9. The zero-order valence-corrected chi connectivity index (χ0v) is 6.13. The van der Waals surface area contributed by atoms with E-state index in [0.717, 1.165) is 5.92 Å².